The van der Waals surface area contributed by atoms with Gasteiger partial charge in [-0.25, -0.2) is 0 Å². The maximum Gasteiger partial charge on any atom is 0.244 e. The van der Waals surface area contributed by atoms with Crippen LogP contribution in [-0.2, 0) is 11.3 Å². The first-order valence-corrected chi connectivity index (χ1v) is 11.4. The molecule has 0 aliphatic rings. The van der Waals surface area contributed by atoms with Crippen molar-refractivity contribution < 1.29 is 23.4 Å². The largest absolute Gasteiger partial charge is 0.493 e. The van der Waals surface area contributed by atoms with Gasteiger partial charge in [0.25, 0.3) is 0 Å². The van der Waals surface area contributed by atoms with Crippen molar-refractivity contribution in [2.24, 2.45) is 0 Å². The van der Waals surface area contributed by atoms with E-state index in [-0.39, 0.29) is 5.91 Å². The SMILES string of the molecule is CCOc1cc2occ(-c3ccc(OC)c(OC)c3)c2cc1/C(C)=C/C(=O)NCc1ccccc1. The Balaban J connectivity index is 1.69. The van der Waals surface area contributed by atoms with Crippen LogP contribution in [0, 0.1) is 0 Å². The fourth-order valence-electron chi connectivity index (χ4n) is 3.98. The van der Waals surface area contributed by atoms with Crippen LogP contribution in [0.3, 0.4) is 0 Å². The highest BCUT2D eigenvalue weighted by Crippen LogP contribution is 2.40. The van der Waals surface area contributed by atoms with Gasteiger partial charge in [0.1, 0.15) is 11.3 Å². The molecule has 0 aliphatic carbocycles. The van der Waals surface area contributed by atoms with Gasteiger partial charge in [0.05, 0.1) is 27.1 Å². The average Bonchev–Trinajstić information content (AvgIpc) is 3.30. The number of benzene rings is 3. The molecule has 4 rings (SSSR count). The van der Waals surface area contributed by atoms with Gasteiger partial charge in [-0.1, -0.05) is 36.4 Å². The smallest absolute Gasteiger partial charge is 0.244 e. The van der Waals surface area contributed by atoms with Crippen LogP contribution in [0.4, 0.5) is 0 Å². The van der Waals surface area contributed by atoms with Crippen molar-refractivity contribution >= 4 is 22.4 Å². The summed E-state index contributed by atoms with van der Waals surface area (Å²) < 4.78 is 22.6. The molecule has 0 aliphatic heterocycles. The van der Waals surface area contributed by atoms with Gasteiger partial charge >= 0.3 is 0 Å². The van der Waals surface area contributed by atoms with E-state index in [4.69, 9.17) is 18.6 Å². The summed E-state index contributed by atoms with van der Waals surface area (Å²) in [6, 6.07) is 19.4. The van der Waals surface area contributed by atoms with Crippen LogP contribution < -0.4 is 19.5 Å². The highest BCUT2D eigenvalue weighted by molar-refractivity contribution is 6.00. The summed E-state index contributed by atoms with van der Waals surface area (Å²) in [6.45, 7) is 4.79. The molecule has 0 spiro atoms. The van der Waals surface area contributed by atoms with Crippen LogP contribution in [0.15, 0.2) is 77.4 Å². The van der Waals surface area contributed by atoms with Gasteiger partial charge in [-0.05, 0) is 48.7 Å². The van der Waals surface area contributed by atoms with Gasteiger partial charge in [0.2, 0.25) is 5.91 Å². The molecule has 4 aromatic rings. The maximum atomic E-state index is 12.6. The number of carbonyl (C=O) groups excluding carboxylic acids is 1. The van der Waals surface area contributed by atoms with Crippen molar-refractivity contribution in [3.05, 3.63) is 84.1 Å². The van der Waals surface area contributed by atoms with Crippen molar-refractivity contribution in [2.45, 2.75) is 20.4 Å². The highest BCUT2D eigenvalue weighted by Gasteiger charge is 2.16. The Morgan fingerprint density at radius 1 is 0.971 bits per heavy atom. The first kappa shape index (κ1) is 24.0. The van der Waals surface area contributed by atoms with E-state index in [1.54, 1.807) is 26.6 Å². The molecule has 0 radical (unpaired) electrons. The normalized spacial score (nSPS) is 11.4. The van der Waals surface area contributed by atoms with Crippen molar-refractivity contribution in [3.8, 4) is 28.4 Å². The summed E-state index contributed by atoms with van der Waals surface area (Å²) in [4.78, 5) is 12.6. The van der Waals surface area contributed by atoms with Crippen LogP contribution in [0.25, 0.3) is 27.7 Å². The Kier molecular flexibility index (Phi) is 7.41. The molecular formula is C29H29NO5. The Hall–Kier alpha value is -4.19. The summed E-state index contributed by atoms with van der Waals surface area (Å²) >= 11 is 0. The second-order valence-corrected chi connectivity index (χ2v) is 8.03. The zero-order chi connectivity index (χ0) is 24.8. The number of rotatable bonds is 9. The van der Waals surface area contributed by atoms with E-state index in [0.717, 1.165) is 33.2 Å². The van der Waals surface area contributed by atoms with Crippen molar-refractivity contribution in [1.82, 2.24) is 5.32 Å². The van der Waals surface area contributed by atoms with Crippen LogP contribution >= 0.6 is 0 Å². The van der Waals surface area contributed by atoms with E-state index < -0.39 is 0 Å². The number of amides is 1. The second kappa shape index (κ2) is 10.8. The lowest BCUT2D eigenvalue weighted by Crippen LogP contribution is -2.20. The van der Waals surface area contributed by atoms with Crippen molar-refractivity contribution in [3.63, 3.8) is 0 Å². The Labute approximate surface area is 205 Å². The third-order valence-corrected chi connectivity index (χ3v) is 5.75. The van der Waals surface area contributed by atoms with Gasteiger partial charge in [0.15, 0.2) is 11.5 Å². The number of hydrogen-bond donors (Lipinski definition) is 1. The molecule has 0 saturated heterocycles. The predicted molar refractivity (Wildman–Crippen MR) is 138 cm³/mol. The molecule has 0 bridgehead atoms. The molecule has 0 unspecified atom stereocenters. The van der Waals surface area contributed by atoms with Crippen molar-refractivity contribution in [1.29, 1.82) is 0 Å². The van der Waals surface area contributed by atoms with Crippen LogP contribution in [-0.4, -0.2) is 26.7 Å². The number of furan rings is 1. The topological polar surface area (TPSA) is 69.9 Å². The maximum absolute atomic E-state index is 12.6. The number of hydrogen-bond acceptors (Lipinski definition) is 5. The Morgan fingerprint density at radius 2 is 1.74 bits per heavy atom. The molecule has 180 valence electrons. The minimum absolute atomic E-state index is 0.166. The summed E-state index contributed by atoms with van der Waals surface area (Å²) in [5.74, 6) is 1.79. The second-order valence-electron chi connectivity index (χ2n) is 8.03. The quantitative estimate of drug-likeness (QED) is 0.293. The fraction of sp³-hybridized carbons (Fsp3) is 0.207. The minimum atomic E-state index is -0.166. The molecule has 0 fully saturated rings. The molecule has 1 heterocycles. The van der Waals surface area contributed by atoms with Crippen LogP contribution in [0.5, 0.6) is 17.2 Å². The predicted octanol–water partition coefficient (Wildman–Crippen LogP) is 6.24. The third-order valence-electron chi connectivity index (χ3n) is 5.75. The molecule has 6 heteroatoms. The number of fused-ring (bicyclic) bond motifs is 1. The zero-order valence-electron chi connectivity index (χ0n) is 20.4. The molecule has 6 nitrogen and oxygen atoms in total. The highest BCUT2D eigenvalue weighted by atomic mass is 16.5. The lowest BCUT2D eigenvalue weighted by Gasteiger charge is -2.12. The Bertz CT molecular complexity index is 1350. The van der Waals surface area contributed by atoms with Crippen LogP contribution in [0.1, 0.15) is 25.0 Å². The van der Waals surface area contributed by atoms with E-state index >= 15 is 0 Å². The third kappa shape index (κ3) is 5.32. The van der Waals surface area contributed by atoms with E-state index in [2.05, 4.69) is 5.32 Å². The molecular weight excluding hydrogens is 442 g/mol. The van der Waals surface area contributed by atoms with Gasteiger partial charge < -0.3 is 23.9 Å². The van der Waals surface area contributed by atoms with E-state index in [1.165, 1.54) is 0 Å². The van der Waals surface area contributed by atoms with E-state index in [9.17, 15) is 4.79 Å². The molecule has 1 N–H and O–H groups in total. The molecule has 1 amide bonds. The number of nitrogens with one attached hydrogen (secondary N) is 1. The van der Waals surface area contributed by atoms with Gasteiger partial charge in [-0.3, -0.25) is 4.79 Å². The summed E-state index contributed by atoms with van der Waals surface area (Å²) in [7, 11) is 3.22. The van der Waals surface area contributed by atoms with Crippen molar-refractivity contribution in [2.75, 3.05) is 20.8 Å². The molecule has 0 atom stereocenters. The van der Waals surface area contributed by atoms with Gasteiger partial charge in [0, 0.05) is 35.2 Å². The first-order valence-electron chi connectivity index (χ1n) is 11.4. The fourth-order valence-corrected chi connectivity index (χ4v) is 3.98. The molecule has 35 heavy (non-hydrogen) atoms. The average molecular weight is 472 g/mol. The van der Waals surface area contributed by atoms with Gasteiger partial charge in [-0.15, -0.1) is 0 Å². The summed E-state index contributed by atoms with van der Waals surface area (Å²) in [5, 5.41) is 3.85. The summed E-state index contributed by atoms with van der Waals surface area (Å²) in [5.41, 5.74) is 5.20. The number of ether oxygens (including phenoxy) is 3. The standard InChI is InChI=1S/C29H29NO5/c1-5-34-26-16-27-23(24(18-35-27)21-11-12-25(32-3)28(14-21)33-4)15-22(26)19(2)13-29(31)30-17-20-9-7-6-8-10-20/h6-16,18H,5,17H2,1-4H3,(H,30,31)/b19-13+. The lowest BCUT2D eigenvalue weighted by molar-refractivity contribution is -0.116. The minimum Gasteiger partial charge on any atom is -0.493 e. The summed E-state index contributed by atoms with van der Waals surface area (Å²) in [6.07, 6.45) is 3.32. The number of methoxy groups -OCH3 is 2. The monoisotopic (exact) mass is 471 g/mol. The number of carbonyl (C=O) groups is 1. The molecule has 1 aromatic heterocycles. The number of allylic oxidation sites excluding steroid dienone is 1. The van der Waals surface area contributed by atoms with Gasteiger partial charge in [-0.2, -0.15) is 0 Å². The Morgan fingerprint density at radius 3 is 2.46 bits per heavy atom. The molecule has 0 saturated carbocycles. The lowest BCUT2D eigenvalue weighted by atomic mass is 9.99. The zero-order valence-corrected chi connectivity index (χ0v) is 20.4. The van der Waals surface area contributed by atoms with E-state index in [1.807, 2.05) is 74.5 Å². The van der Waals surface area contributed by atoms with E-state index in [0.29, 0.717) is 36.0 Å². The molecule has 3 aromatic carbocycles. The van der Waals surface area contributed by atoms with Crippen LogP contribution in [0.2, 0.25) is 0 Å². The first-order chi connectivity index (χ1) is 17.0.